The Morgan fingerprint density at radius 3 is 2.41 bits per heavy atom. The van der Waals surface area contributed by atoms with Crippen LogP contribution in [0.5, 0.6) is 11.5 Å². The molecule has 2 amide bonds. The van der Waals surface area contributed by atoms with Crippen LogP contribution >= 0.6 is 0 Å². The van der Waals surface area contributed by atoms with Crippen molar-refractivity contribution in [2.45, 2.75) is 38.7 Å². The number of nitrogens with zero attached hydrogens (tertiary/aromatic N) is 1. The van der Waals surface area contributed by atoms with Gasteiger partial charge in [-0.15, -0.1) is 0 Å². The van der Waals surface area contributed by atoms with Crippen LogP contribution in [0.3, 0.4) is 0 Å². The number of hydrogen-bond acceptors (Lipinski definition) is 5. The summed E-state index contributed by atoms with van der Waals surface area (Å²) in [5, 5.41) is 2.95. The van der Waals surface area contributed by atoms with E-state index < -0.39 is 0 Å². The molecule has 0 spiro atoms. The highest BCUT2D eigenvalue weighted by atomic mass is 16.5. The average molecular weight is 501 g/mol. The maximum absolute atomic E-state index is 12.9. The fourth-order valence-corrected chi connectivity index (χ4v) is 4.92. The molecule has 7 heteroatoms. The van der Waals surface area contributed by atoms with Crippen molar-refractivity contribution >= 4 is 23.4 Å². The van der Waals surface area contributed by atoms with E-state index in [4.69, 9.17) is 14.2 Å². The van der Waals surface area contributed by atoms with Gasteiger partial charge in [-0.2, -0.15) is 0 Å². The summed E-state index contributed by atoms with van der Waals surface area (Å²) in [5.41, 5.74) is 3.55. The lowest BCUT2D eigenvalue weighted by atomic mass is 9.87. The zero-order chi connectivity index (χ0) is 25.6. The van der Waals surface area contributed by atoms with Gasteiger partial charge in [-0.05, 0) is 80.1 Å². The zero-order valence-corrected chi connectivity index (χ0v) is 21.0. The third-order valence-corrected chi connectivity index (χ3v) is 6.88. The van der Waals surface area contributed by atoms with Crippen LogP contribution < -0.4 is 19.7 Å². The van der Waals surface area contributed by atoms with E-state index in [1.54, 1.807) is 4.90 Å². The van der Waals surface area contributed by atoms with Gasteiger partial charge < -0.3 is 19.5 Å². The summed E-state index contributed by atoms with van der Waals surface area (Å²) in [5.74, 6) is 1.42. The Kier molecular flexibility index (Phi) is 7.59. The van der Waals surface area contributed by atoms with Gasteiger partial charge in [0.15, 0.2) is 0 Å². The van der Waals surface area contributed by atoms with E-state index in [1.165, 1.54) is 0 Å². The first-order valence-corrected chi connectivity index (χ1v) is 12.9. The molecule has 1 saturated carbocycles. The van der Waals surface area contributed by atoms with Crippen molar-refractivity contribution in [1.82, 2.24) is 0 Å². The molecule has 0 radical (unpaired) electrons. The number of esters is 1. The van der Waals surface area contributed by atoms with Gasteiger partial charge in [0.05, 0.1) is 30.9 Å². The number of fused-ring (bicyclic) bond motifs is 1. The highest BCUT2D eigenvalue weighted by molar-refractivity contribution is 6.03. The molecular weight excluding hydrogens is 468 g/mol. The Hall–Kier alpha value is -4.00. The summed E-state index contributed by atoms with van der Waals surface area (Å²) in [6.45, 7) is 3.19. The van der Waals surface area contributed by atoms with E-state index in [-0.39, 0.29) is 24.0 Å². The molecular formula is C30H32N2O5. The standard InChI is InChI=1S/C30H32N2O5/c1-2-35-29(33)22-10-15-26(16-11-22)37-25-13-8-21(9-14-25)23-12-17-27-28(20-23)36-19-18-32(27)30(34)31-24-6-4-3-5-7-24/h3-9,12-14,17,20,22,26H,2,10-11,15-16,18-19H2,1H3,(H,31,34). The Morgan fingerprint density at radius 1 is 0.946 bits per heavy atom. The first-order valence-electron chi connectivity index (χ1n) is 12.9. The molecule has 1 fully saturated rings. The highest BCUT2D eigenvalue weighted by Gasteiger charge is 2.28. The molecule has 1 aliphatic heterocycles. The number of carbonyl (C=O) groups excluding carboxylic acids is 2. The lowest BCUT2D eigenvalue weighted by molar-refractivity contribution is -0.149. The summed E-state index contributed by atoms with van der Waals surface area (Å²) in [4.78, 5) is 26.6. The van der Waals surface area contributed by atoms with Gasteiger partial charge in [0.1, 0.15) is 18.1 Å². The second-order valence-electron chi connectivity index (χ2n) is 9.35. The second kappa shape index (κ2) is 11.4. The van der Waals surface area contributed by atoms with Crippen LogP contribution in [0.15, 0.2) is 72.8 Å². The van der Waals surface area contributed by atoms with E-state index in [1.807, 2.05) is 79.7 Å². The Labute approximate surface area is 217 Å². The van der Waals surface area contributed by atoms with Crippen molar-refractivity contribution in [1.29, 1.82) is 0 Å². The van der Waals surface area contributed by atoms with Crippen molar-refractivity contribution in [3.8, 4) is 22.6 Å². The third-order valence-electron chi connectivity index (χ3n) is 6.88. The van der Waals surface area contributed by atoms with Crippen LogP contribution in [0, 0.1) is 5.92 Å². The summed E-state index contributed by atoms with van der Waals surface area (Å²) in [7, 11) is 0. The minimum Gasteiger partial charge on any atom is -0.490 e. The Bertz CT molecular complexity index is 1220. The maximum Gasteiger partial charge on any atom is 0.326 e. The predicted molar refractivity (Wildman–Crippen MR) is 143 cm³/mol. The van der Waals surface area contributed by atoms with Crippen LogP contribution in [0.2, 0.25) is 0 Å². The van der Waals surface area contributed by atoms with Crippen LogP contribution in [-0.4, -0.2) is 37.9 Å². The van der Waals surface area contributed by atoms with Gasteiger partial charge in [0.2, 0.25) is 0 Å². The molecule has 192 valence electrons. The lowest BCUT2D eigenvalue weighted by Gasteiger charge is -2.30. The van der Waals surface area contributed by atoms with Gasteiger partial charge >= 0.3 is 12.0 Å². The molecule has 0 unspecified atom stereocenters. The quantitative estimate of drug-likeness (QED) is 0.403. The molecule has 0 atom stereocenters. The van der Waals surface area contributed by atoms with Crippen LogP contribution in [0.4, 0.5) is 16.2 Å². The van der Waals surface area contributed by atoms with Gasteiger partial charge in [-0.25, -0.2) is 4.79 Å². The molecule has 0 bridgehead atoms. The number of anilines is 2. The van der Waals surface area contributed by atoms with Crippen LogP contribution in [-0.2, 0) is 9.53 Å². The number of hydrogen-bond donors (Lipinski definition) is 1. The lowest BCUT2D eigenvalue weighted by Crippen LogP contribution is -2.40. The fraction of sp³-hybridized carbons (Fsp3) is 0.333. The van der Waals surface area contributed by atoms with Gasteiger partial charge in [-0.3, -0.25) is 9.69 Å². The molecule has 1 N–H and O–H groups in total. The molecule has 37 heavy (non-hydrogen) atoms. The number of rotatable bonds is 6. The SMILES string of the molecule is CCOC(=O)C1CCC(Oc2ccc(-c3ccc4c(c3)OCCN4C(=O)Nc3ccccc3)cc2)CC1. The number of carbonyl (C=O) groups is 2. The summed E-state index contributed by atoms with van der Waals surface area (Å²) in [6, 6.07) is 23.2. The topological polar surface area (TPSA) is 77.1 Å². The molecule has 1 heterocycles. The van der Waals surface area contributed by atoms with Crippen LogP contribution in [0.1, 0.15) is 32.6 Å². The molecule has 7 nitrogen and oxygen atoms in total. The molecule has 1 aliphatic carbocycles. The van der Waals surface area contributed by atoms with Crippen molar-refractivity contribution in [2.24, 2.45) is 5.92 Å². The highest BCUT2D eigenvalue weighted by Crippen LogP contribution is 2.37. The first-order chi connectivity index (χ1) is 18.1. The first kappa shape index (κ1) is 24.7. The predicted octanol–water partition coefficient (Wildman–Crippen LogP) is 6.29. The molecule has 3 aromatic rings. The van der Waals surface area contributed by atoms with Crippen molar-refractivity contribution in [3.05, 3.63) is 72.8 Å². The van der Waals surface area contributed by atoms with E-state index in [0.717, 1.165) is 53.9 Å². The number of nitrogens with one attached hydrogen (secondary N) is 1. The van der Waals surface area contributed by atoms with Crippen LogP contribution in [0.25, 0.3) is 11.1 Å². The number of amides is 2. The summed E-state index contributed by atoms with van der Waals surface area (Å²) in [6.07, 6.45) is 3.42. The normalized spacial score (nSPS) is 18.8. The Morgan fingerprint density at radius 2 is 1.68 bits per heavy atom. The van der Waals surface area contributed by atoms with Crippen molar-refractivity contribution in [3.63, 3.8) is 0 Å². The smallest absolute Gasteiger partial charge is 0.326 e. The van der Waals surface area contributed by atoms with E-state index in [2.05, 4.69) is 5.32 Å². The Balaban J connectivity index is 1.21. The van der Waals surface area contributed by atoms with E-state index >= 15 is 0 Å². The van der Waals surface area contributed by atoms with Gasteiger partial charge in [-0.1, -0.05) is 36.4 Å². The third kappa shape index (κ3) is 5.88. The summed E-state index contributed by atoms with van der Waals surface area (Å²) < 4.78 is 17.2. The molecule has 0 aromatic heterocycles. The van der Waals surface area contributed by atoms with E-state index in [9.17, 15) is 9.59 Å². The van der Waals surface area contributed by atoms with E-state index in [0.29, 0.717) is 25.5 Å². The monoisotopic (exact) mass is 500 g/mol. The number of benzene rings is 3. The largest absolute Gasteiger partial charge is 0.490 e. The number of urea groups is 1. The molecule has 2 aliphatic rings. The molecule has 3 aromatic carbocycles. The zero-order valence-electron chi connectivity index (χ0n) is 21.0. The van der Waals surface area contributed by atoms with Crippen molar-refractivity contribution < 1.29 is 23.8 Å². The fourth-order valence-electron chi connectivity index (χ4n) is 4.92. The van der Waals surface area contributed by atoms with Crippen molar-refractivity contribution in [2.75, 3.05) is 30.0 Å². The number of ether oxygens (including phenoxy) is 3. The average Bonchev–Trinajstić information content (AvgIpc) is 2.94. The molecule has 5 rings (SSSR count). The van der Waals surface area contributed by atoms with Gasteiger partial charge in [0.25, 0.3) is 0 Å². The minimum atomic E-state index is -0.179. The minimum absolute atomic E-state index is 0.00579. The second-order valence-corrected chi connectivity index (χ2v) is 9.35. The number of para-hydroxylation sites is 1. The van der Waals surface area contributed by atoms with Gasteiger partial charge in [0, 0.05) is 5.69 Å². The summed E-state index contributed by atoms with van der Waals surface area (Å²) >= 11 is 0. The maximum atomic E-state index is 12.9. The molecule has 0 saturated heterocycles.